The molecular formula is C10H10BrN5O. The summed E-state index contributed by atoms with van der Waals surface area (Å²) >= 11 is 3.39. The lowest BCUT2D eigenvalue weighted by Crippen LogP contribution is -2.13. The molecule has 0 unspecified atom stereocenters. The summed E-state index contributed by atoms with van der Waals surface area (Å²) in [5.74, 6) is -0.260. The summed E-state index contributed by atoms with van der Waals surface area (Å²) in [6.07, 6.45) is 0. The second kappa shape index (κ2) is 4.54. The van der Waals surface area contributed by atoms with Crippen LogP contribution in [0.1, 0.15) is 16.2 Å². The molecule has 0 bridgehead atoms. The highest BCUT2D eigenvalue weighted by Gasteiger charge is 2.11. The van der Waals surface area contributed by atoms with E-state index in [1.54, 1.807) is 6.07 Å². The quantitative estimate of drug-likeness (QED) is 0.786. The highest BCUT2D eigenvalue weighted by atomic mass is 79.9. The molecule has 7 heteroatoms. The van der Waals surface area contributed by atoms with Gasteiger partial charge < -0.3 is 11.1 Å². The number of nitrogens with two attached hydrogens (primary N) is 1. The monoisotopic (exact) mass is 295 g/mol. The van der Waals surface area contributed by atoms with Crippen molar-refractivity contribution in [3.8, 4) is 0 Å². The molecule has 0 aliphatic heterocycles. The number of nitrogens with zero attached hydrogens (tertiary/aromatic N) is 2. The average molecular weight is 296 g/mol. The van der Waals surface area contributed by atoms with Gasteiger partial charge in [0, 0.05) is 10.2 Å². The normalized spacial score (nSPS) is 10.2. The number of nitrogens with one attached hydrogen (secondary N) is 2. The number of hydrogen-bond donors (Lipinski definition) is 3. The Bertz CT molecular complexity index is 566. The minimum absolute atomic E-state index is 0.0419. The van der Waals surface area contributed by atoms with Crippen molar-refractivity contribution in [2.75, 3.05) is 11.1 Å². The van der Waals surface area contributed by atoms with Gasteiger partial charge in [0.15, 0.2) is 0 Å². The molecule has 1 aromatic heterocycles. The Hall–Kier alpha value is -1.89. The van der Waals surface area contributed by atoms with Crippen molar-refractivity contribution in [1.82, 2.24) is 15.2 Å². The van der Waals surface area contributed by atoms with E-state index < -0.39 is 0 Å². The molecule has 2 rings (SSSR count). The molecule has 1 amide bonds. The smallest absolute Gasteiger partial charge is 0.293 e. The third-order valence-electron chi connectivity index (χ3n) is 2.15. The highest BCUT2D eigenvalue weighted by molar-refractivity contribution is 9.10. The van der Waals surface area contributed by atoms with Crippen molar-refractivity contribution in [1.29, 1.82) is 0 Å². The molecule has 1 aromatic carbocycles. The van der Waals surface area contributed by atoms with E-state index in [4.69, 9.17) is 5.73 Å². The zero-order chi connectivity index (χ0) is 12.4. The van der Waals surface area contributed by atoms with Crippen LogP contribution in [0.3, 0.4) is 0 Å². The average Bonchev–Trinajstić information content (AvgIpc) is 2.70. The number of H-pyrrole nitrogens is 1. The summed E-state index contributed by atoms with van der Waals surface area (Å²) in [6.45, 7) is 1.97. The number of carbonyl (C=O) groups is 1. The standard InChI is InChI=1S/C10H10BrN5O/c1-5-2-3-6(4-7(5)11)13-9(17)8-14-10(12)16-15-8/h2-4H,1H3,(H,13,17)(H3,12,14,15,16). The Kier molecular flexibility index (Phi) is 3.10. The summed E-state index contributed by atoms with van der Waals surface area (Å²) in [6, 6.07) is 5.51. The molecule has 0 radical (unpaired) electrons. The van der Waals surface area contributed by atoms with Crippen molar-refractivity contribution in [2.45, 2.75) is 6.92 Å². The second-order valence-electron chi connectivity index (χ2n) is 3.46. The third kappa shape index (κ3) is 2.62. The fourth-order valence-corrected chi connectivity index (χ4v) is 1.62. The van der Waals surface area contributed by atoms with Crippen LogP contribution in [0.4, 0.5) is 11.6 Å². The number of hydrogen-bond acceptors (Lipinski definition) is 4. The fraction of sp³-hybridized carbons (Fsp3) is 0.100. The number of rotatable bonds is 2. The van der Waals surface area contributed by atoms with E-state index in [0.29, 0.717) is 5.69 Å². The van der Waals surface area contributed by atoms with Crippen LogP contribution in [0.25, 0.3) is 0 Å². The van der Waals surface area contributed by atoms with Crippen LogP contribution in [-0.2, 0) is 0 Å². The van der Waals surface area contributed by atoms with Gasteiger partial charge >= 0.3 is 0 Å². The number of halogens is 1. The van der Waals surface area contributed by atoms with Crippen LogP contribution in [0.15, 0.2) is 22.7 Å². The predicted octanol–water partition coefficient (Wildman–Crippen LogP) is 1.71. The van der Waals surface area contributed by atoms with Crippen molar-refractivity contribution in [3.63, 3.8) is 0 Å². The van der Waals surface area contributed by atoms with Gasteiger partial charge in [0.25, 0.3) is 5.91 Å². The maximum atomic E-state index is 11.7. The first-order valence-corrected chi connectivity index (χ1v) is 5.61. The van der Waals surface area contributed by atoms with E-state index in [1.165, 1.54) is 0 Å². The molecule has 0 saturated heterocycles. The maximum absolute atomic E-state index is 11.7. The molecule has 4 N–H and O–H groups in total. The number of aromatic amines is 1. The van der Waals surface area contributed by atoms with Crippen molar-refractivity contribution < 1.29 is 4.79 Å². The zero-order valence-electron chi connectivity index (χ0n) is 8.99. The van der Waals surface area contributed by atoms with E-state index in [0.717, 1.165) is 10.0 Å². The van der Waals surface area contributed by atoms with Crippen LogP contribution >= 0.6 is 15.9 Å². The van der Waals surface area contributed by atoms with Gasteiger partial charge in [-0.3, -0.25) is 9.89 Å². The van der Waals surface area contributed by atoms with Crippen LogP contribution in [0.2, 0.25) is 0 Å². The Balaban J connectivity index is 2.15. The Morgan fingerprint density at radius 2 is 2.29 bits per heavy atom. The van der Waals surface area contributed by atoms with Gasteiger partial charge in [-0.05, 0) is 24.6 Å². The lowest BCUT2D eigenvalue weighted by molar-refractivity contribution is 0.101. The minimum Gasteiger partial charge on any atom is -0.366 e. The summed E-state index contributed by atoms with van der Waals surface area (Å²) in [7, 11) is 0. The molecule has 0 spiro atoms. The SMILES string of the molecule is Cc1ccc(NC(=O)c2nc(N)n[nH]2)cc1Br. The largest absolute Gasteiger partial charge is 0.366 e. The number of nitrogen functional groups attached to an aromatic ring is 1. The van der Waals surface area contributed by atoms with Gasteiger partial charge in [-0.15, -0.1) is 5.10 Å². The van der Waals surface area contributed by atoms with Gasteiger partial charge in [0.1, 0.15) is 0 Å². The number of anilines is 2. The number of benzene rings is 1. The van der Waals surface area contributed by atoms with Crippen molar-refractivity contribution in [2.24, 2.45) is 0 Å². The van der Waals surface area contributed by atoms with Crippen LogP contribution < -0.4 is 11.1 Å². The molecule has 0 aliphatic carbocycles. The van der Waals surface area contributed by atoms with E-state index in [1.807, 2.05) is 19.1 Å². The first kappa shape index (κ1) is 11.6. The number of aromatic nitrogens is 3. The molecular weight excluding hydrogens is 286 g/mol. The summed E-state index contributed by atoms with van der Waals surface area (Å²) in [5, 5.41) is 8.71. The summed E-state index contributed by atoms with van der Waals surface area (Å²) in [4.78, 5) is 15.4. The first-order chi connectivity index (χ1) is 8.06. The zero-order valence-corrected chi connectivity index (χ0v) is 10.6. The highest BCUT2D eigenvalue weighted by Crippen LogP contribution is 2.20. The van der Waals surface area contributed by atoms with E-state index in [2.05, 4.69) is 36.4 Å². The molecule has 0 saturated carbocycles. The van der Waals surface area contributed by atoms with Crippen LogP contribution in [0, 0.1) is 6.92 Å². The Labute approximate surface area is 106 Å². The van der Waals surface area contributed by atoms with Crippen molar-refractivity contribution >= 4 is 33.5 Å². The molecule has 0 aliphatic rings. The predicted molar refractivity (Wildman–Crippen MR) is 67.6 cm³/mol. The lowest BCUT2D eigenvalue weighted by atomic mass is 10.2. The maximum Gasteiger partial charge on any atom is 0.293 e. The molecule has 17 heavy (non-hydrogen) atoms. The van der Waals surface area contributed by atoms with Crippen LogP contribution in [-0.4, -0.2) is 21.1 Å². The van der Waals surface area contributed by atoms with Gasteiger partial charge in [0.2, 0.25) is 11.8 Å². The summed E-state index contributed by atoms with van der Waals surface area (Å²) in [5.41, 5.74) is 7.07. The van der Waals surface area contributed by atoms with Crippen molar-refractivity contribution in [3.05, 3.63) is 34.1 Å². The van der Waals surface area contributed by atoms with E-state index >= 15 is 0 Å². The first-order valence-electron chi connectivity index (χ1n) is 4.81. The number of amides is 1. The molecule has 2 aromatic rings. The van der Waals surface area contributed by atoms with Gasteiger partial charge in [-0.2, -0.15) is 4.98 Å². The number of carbonyl (C=O) groups excluding carboxylic acids is 1. The second-order valence-corrected chi connectivity index (χ2v) is 4.31. The van der Waals surface area contributed by atoms with E-state index in [9.17, 15) is 4.79 Å². The topological polar surface area (TPSA) is 96.7 Å². The number of aryl methyl sites for hydroxylation is 1. The van der Waals surface area contributed by atoms with Gasteiger partial charge in [-0.1, -0.05) is 22.0 Å². The molecule has 88 valence electrons. The van der Waals surface area contributed by atoms with Gasteiger partial charge in [-0.25, -0.2) is 0 Å². The fourth-order valence-electron chi connectivity index (χ4n) is 1.24. The van der Waals surface area contributed by atoms with Crippen LogP contribution in [0.5, 0.6) is 0 Å². The third-order valence-corrected chi connectivity index (χ3v) is 3.00. The Morgan fingerprint density at radius 3 is 2.88 bits per heavy atom. The molecule has 0 atom stereocenters. The van der Waals surface area contributed by atoms with E-state index in [-0.39, 0.29) is 17.7 Å². The minimum atomic E-state index is -0.384. The van der Waals surface area contributed by atoms with Gasteiger partial charge in [0.05, 0.1) is 0 Å². The molecule has 1 heterocycles. The summed E-state index contributed by atoms with van der Waals surface area (Å²) < 4.78 is 0.924. The molecule has 6 nitrogen and oxygen atoms in total. The molecule has 0 fully saturated rings. The lowest BCUT2D eigenvalue weighted by Gasteiger charge is -2.04. The Morgan fingerprint density at radius 1 is 1.53 bits per heavy atom.